The van der Waals surface area contributed by atoms with E-state index in [4.69, 9.17) is 23.2 Å². The summed E-state index contributed by atoms with van der Waals surface area (Å²) in [6.45, 7) is 0. The van der Waals surface area contributed by atoms with Gasteiger partial charge in [-0.25, -0.2) is 0 Å². The van der Waals surface area contributed by atoms with E-state index in [1.165, 1.54) is 29.5 Å². The molecule has 0 amide bonds. The second-order valence-corrected chi connectivity index (χ2v) is 5.01. The number of rotatable bonds is 1. The van der Waals surface area contributed by atoms with Crippen molar-refractivity contribution < 1.29 is 0 Å². The molecule has 0 fully saturated rings. The Balaban J connectivity index is 2.10. The Labute approximate surface area is 105 Å². The average Bonchev–Trinajstić information content (AvgIpc) is 2.18. The van der Waals surface area contributed by atoms with Crippen molar-refractivity contribution in [2.45, 2.75) is 12.8 Å². The van der Waals surface area contributed by atoms with Crippen molar-refractivity contribution in [2.24, 2.45) is 0 Å². The van der Waals surface area contributed by atoms with Crippen molar-refractivity contribution in [3.05, 3.63) is 57.6 Å². The lowest BCUT2D eigenvalue weighted by molar-refractivity contribution is 0.840. The summed E-state index contributed by atoms with van der Waals surface area (Å²) in [5.74, 6) is 0. The van der Waals surface area contributed by atoms with Crippen LogP contribution < -0.4 is 0 Å². The molecule has 0 radical (unpaired) electrons. The van der Waals surface area contributed by atoms with E-state index >= 15 is 0 Å². The van der Waals surface area contributed by atoms with Crippen LogP contribution in [0.15, 0.2) is 36.4 Å². The average molecular weight is 249 g/mol. The first kappa shape index (κ1) is 10.2. The molecule has 2 aromatic rings. The summed E-state index contributed by atoms with van der Waals surface area (Å²) in [5, 5.41) is 1.37. The first-order valence-corrected chi connectivity index (χ1v) is 6.06. The molecule has 0 aliphatic heterocycles. The fourth-order valence-electron chi connectivity index (χ4n) is 2.10. The number of aryl methyl sites for hydroxylation is 2. The van der Waals surface area contributed by atoms with Gasteiger partial charge in [0.05, 0.1) is 0 Å². The highest BCUT2D eigenvalue weighted by molar-refractivity contribution is 6.35. The molecule has 0 nitrogen and oxygen atoms in total. The smallest absolute Gasteiger partial charge is 0.0426 e. The predicted molar refractivity (Wildman–Crippen MR) is 69.3 cm³/mol. The van der Waals surface area contributed by atoms with E-state index in [-0.39, 0.29) is 0 Å². The molecule has 3 rings (SSSR count). The van der Waals surface area contributed by atoms with Crippen LogP contribution in [0.3, 0.4) is 0 Å². The second kappa shape index (κ2) is 3.80. The van der Waals surface area contributed by atoms with E-state index < -0.39 is 0 Å². The first-order chi connectivity index (χ1) is 7.72. The zero-order valence-electron chi connectivity index (χ0n) is 8.63. The fraction of sp³-hybridized carbons (Fsp3) is 0.143. The Hall–Kier alpha value is -0.980. The Kier molecular flexibility index (Phi) is 2.42. The lowest BCUT2D eigenvalue weighted by Gasteiger charge is -2.19. The van der Waals surface area contributed by atoms with E-state index in [9.17, 15) is 0 Å². The molecule has 16 heavy (non-hydrogen) atoms. The van der Waals surface area contributed by atoms with Gasteiger partial charge in [-0.15, -0.1) is 0 Å². The maximum Gasteiger partial charge on any atom is 0.0426 e. The molecular weight excluding hydrogens is 239 g/mol. The normalized spacial score (nSPS) is 13.1. The molecule has 0 unspecified atom stereocenters. The van der Waals surface area contributed by atoms with Gasteiger partial charge in [0.25, 0.3) is 0 Å². The Morgan fingerprint density at radius 3 is 1.94 bits per heavy atom. The number of hydrogen-bond acceptors (Lipinski definition) is 0. The molecule has 0 spiro atoms. The molecule has 2 heteroatoms. The molecular formula is C14H10Cl2. The molecule has 80 valence electrons. The van der Waals surface area contributed by atoms with Gasteiger partial charge >= 0.3 is 0 Å². The molecule has 0 N–H and O–H groups in total. The first-order valence-electron chi connectivity index (χ1n) is 5.31. The maximum atomic E-state index is 6.00. The summed E-state index contributed by atoms with van der Waals surface area (Å²) in [5.41, 5.74) is 5.21. The molecule has 0 saturated carbocycles. The van der Waals surface area contributed by atoms with Crippen LogP contribution in [0.2, 0.25) is 10.0 Å². The van der Waals surface area contributed by atoms with Crippen LogP contribution in [-0.2, 0) is 12.8 Å². The van der Waals surface area contributed by atoms with Crippen LogP contribution in [0.1, 0.15) is 11.1 Å². The SMILES string of the molecule is Clc1cc(Cl)cc(-c2ccc3c(c2)CC3)c1. The van der Waals surface area contributed by atoms with Crippen LogP contribution in [0.4, 0.5) is 0 Å². The topological polar surface area (TPSA) is 0 Å². The van der Waals surface area contributed by atoms with Crippen LogP contribution >= 0.6 is 23.2 Å². The van der Waals surface area contributed by atoms with Crippen molar-refractivity contribution in [2.75, 3.05) is 0 Å². The Morgan fingerprint density at radius 2 is 1.38 bits per heavy atom. The van der Waals surface area contributed by atoms with Crippen molar-refractivity contribution in [1.29, 1.82) is 0 Å². The number of halogens is 2. The standard InChI is InChI=1S/C14H10Cl2/c15-13-6-12(7-14(16)8-13)11-4-2-9-1-3-10(9)5-11/h2,4-8H,1,3H2. The van der Waals surface area contributed by atoms with Crippen molar-refractivity contribution in [3.8, 4) is 11.1 Å². The van der Waals surface area contributed by atoms with Crippen LogP contribution in [0.5, 0.6) is 0 Å². The van der Waals surface area contributed by atoms with Gasteiger partial charge in [0.15, 0.2) is 0 Å². The maximum absolute atomic E-state index is 6.00. The van der Waals surface area contributed by atoms with Crippen molar-refractivity contribution in [1.82, 2.24) is 0 Å². The zero-order chi connectivity index (χ0) is 11.1. The number of fused-ring (bicyclic) bond motifs is 1. The summed E-state index contributed by atoms with van der Waals surface area (Å²) in [6.07, 6.45) is 2.41. The Morgan fingerprint density at radius 1 is 0.688 bits per heavy atom. The van der Waals surface area contributed by atoms with E-state index in [0.717, 1.165) is 5.56 Å². The summed E-state index contributed by atoms with van der Waals surface area (Å²) in [7, 11) is 0. The van der Waals surface area contributed by atoms with Gasteiger partial charge in [0, 0.05) is 10.0 Å². The summed E-state index contributed by atoms with van der Waals surface area (Å²) in [6, 6.07) is 12.2. The third-order valence-corrected chi connectivity index (χ3v) is 3.50. The number of hydrogen-bond donors (Lipinski definition) is 0. The van der Waals surface area contributed by atoms with Crippen LogP contribution in [0.25, 0.3) is 11.1 Å². The minimum Gasteiger partial charge on any atom is -0.0843 e. The highest BCUT2D eigenvalue weighted by Gasteiger charge is 2.13. The van der Waals surface area contributed by atoms with Gasteiger partial charge in [0.2, 0.25) is 0 Å². The molecule has 0 bridgehead atoms. The minimum absolute atomic E-state index is 0.685. The van der Waals surface area contributed by atoms with Gasteiger partial charge in [-0.3, -0.25) is 0 Å². The molecule has 0 heterocycles. The molecule has 1 aliphatic carbocycles. The largest absolute Gasteiger partial charge is 0.0843 e. The zero-order valence-corrected chi connectivity index (χ0v) is 10.1. The Bertz CT molecular complexity index is 538. The molecule has 2 aromatic carbocycles. The van der Waals surface area contributed by atoms with E-state index in [1.54, 1.807) is 6.07 Å². The molecule has 0 aromatic heterocycles. The highest BCUT2D eigenvalue weighted by Crippen LogP contribution is 2.31. The minimum atomic E-state index is 0.685. The molecule has 0 saturated heterocycles. The summed E-state index contributed by atoms with van der Waals surface area (Å²) < 4.78 is 0. The monoisotopic (exact) mass is 248 g/mol. The van der Waals surface area contributed by atoms with Gasteiger partial charge in [-0.1, -0.05) is 41.4 Å². The van der Waals surface area contributed by atoms with Crippen molar-refractivity contribution >= 4 is 23.2 Å². The van der Waals surface area contributed by atoms with Gasteiger partial charge < -0.3 is 0 Å². The van der Waals surface area contributed by atoms with E-state index in [2.05, 4.69) is 18.2 Å². The number of benzene rings is 2. The predicted octanol–water partition coefficient (Wildman–Crippen LogP) is 4.76. The lowest BCUT2D eigenvalue weighted by Crippen LogP contribution is -2.07. The van der Waals surface area contributed by atoms with Gasteiger partial charge in [-0.2, -0.15) is 0 Å². The fourth-order valence-corrected chi connectivity index (χ4v) is 2.62. The van der Waals surface area contributed by atoms with Crippen molar-refractivity contribution in [3.63, 3.8) is 0 Å². The summed E-state index contributed by atoms with van der Waals surface area (Å²) in [4.78, 5) is 0. The van der Waals surface area contributed by atoms with Gasteiger partial charge in [0.1, 0.15) is 0 Å². The molecule has 1 aliphatic rings. The highest BCUT2D eigenvalue weighted by atomic mass is 35.5. The quantitative estimate of drug-likeness (QED) is 0.683. The van der Waals surface area contributed by atoms with E-state index in [0.29, 0.717) is 10.0 Å². The second-order valence-electron chi connectivity index (χ2n) is 4.14. The van der Waals surface area contributed by atoms with Gasteiger partial charge in [-0.05, 0) is 53.3 Å². The van der Waals surface area contributed by atoms with E-state index in [1.807, 2.05) is 12.1 Å². The lowest BCUT2D eigenvalue weighted by atomic mass is 9.86. The van der Waals surface area contributed by atoms with Crippen LogP contribution in [0, 0.1) is 0 Å². The molecule has 0 atom stereocenters. The third kappa shape index (κ3) is 1.73. The summed E-state index contributed by atoms with van der Waals surface area (Å²) >= 11 is 12.0. The third-order valence-electron chi connectivity index (χ3n) is 3.07. The van der Waals surface area contributed by atoms with Crippen LogP contribution in [-0.4, -0.2) is 0 Å².